The van der Waals surface area contributed by atoms with E-state index in [1.165, 1.54) is 11.4 Å². The smallest absolute Gasteiger partial charge is 0.243 e. The molecular weight excluding hydrogens is 318 g/mol. The molecule has 1 N–H and O–H groups in total. The first-order chi connectivity index (χ1) is 10.4. The third kappa shape index (κ3) is 3.35. The predicted octanol–water partition coefficient (Wildman–Crippen LogP) is 2.40. The summed E-state index contributed by atoms with van der Waals surface area (Å²) < 4.78 is 26.1. The Labute approximate surface area is 136 Å². The largest absolute Gasteiger partial charge is 0.395 e. The molecular formula is C16H19NO3S2. The van der Waals surface area contributed by atoms with E-state index in [1.54, 1.807) is 31.2 Å². The van der Waals surface area contributed by atoms with E-state index in [2.05, 4.69) is 0 Å². The average molecular weight is 337 g/mol. The highest BCUT2D eigenvalue weighted by Crippen LogP contribution is 2.24. The number of rotatable bonds is 5. The van der Waals surface area contributed by atoms with Crippen LogP contribution in [0.2, 0.25) is 0 Å². The van der Waals surface area contributed by atoms with Gasteiger partial charge in [0.15, 0.2) is 0 Å². The Bertz CT molecular complexity index is 718. The second-order valence-corrected chi connectivity index (χ2v) is 7.70. The van der Waals surface area contributed by atoms with Crippen molar-refractivity contribution in [2.75, 3.05) is 13.7 Å². The molecule has 1 atom stereocenters. The summed E-state index contributed by atoms with van der Waals surface area (Å²) in [5, 5.41) is 9.12. The minimum Gasteiger partial charge on any atom is -0.395 e. The molecule has 1 aromatic rings. The highest BCUT2D eigenvalue weighted by atomic mass is 32.2. The van der Waals surface area contributed by atoms with E-state index in [0.717, 1.165) is 22.4 Å². The number of allylic oxidation sites excluding steroid dienone is 4. The molecule has 1 aliphatic carbocycles. The van der Waals surface area contributed by atoms with Gasteiger partial charge in [0, 0.05) is 24.4 Å². The van der Waals surface area contributed by atoms with Gasteiger partial charge < -0.3 is 5.11 Å². The maximum Gasteiger partial charge on any atom is 0.243 e. The number of thiocarbonyl (C=S) groups is 1. The second kappa shape index (κ2) is 6.83. The fourth-order valence-electron chi connectivity index (χ4n) is 2.12. The van der Waals surface area contributed by atoms with Crippen LogP contribution in [-0.4, -0.2) is 42.4 Å². The first kappa shape index (κ1) is 17.0. The SMILES string of the molecule is C[C@H](CO)N(C)S(=O)(=O)c1ccc(C2=CC=CCC2=S)cc1. The van der Waals surface area contributed by atoms with Gasteiger partial charge in [-0.15, -0.1) is 0 Å². The first-order valence-electron chi connectivity index (χ1n) is 6.97. The molecule has 0 amide bonds. The summed E-state index contributed by atoms with van der Waals surface area (Å²) in [5.41, 5.74) is 1.87. The van der Waals surface area contributed by atoms with E-state index in [1.807, 2.05) is 18.2 Å². The molecule has 118 valence electrons. The zero-order chi connectivity index (χ0) is 16.3. The molecule has 2 rings (SSSR count). The van der Waals surface area contributed by atoms with Crippen LogP contribution in [0, 0.1) is 0 Å². The van der Waals surface area contributed by atoms with Gasteiger partial charge in [0.05, 0.1) is 11.5 Å². The van der Waals surface area contributed by atoms with E-state index in [0.29, 0.717) is 0 Å². The fraction of sp³-hybridized carbons (Fsp3) is 0.312. The molecule has 0 aromatic heterocycles. The van der Waals surface area contributed by atoms with Crippen molar-refractivity contribution < 1.29 is 13.5 Å². The summed E-state index contributed by atoms with van der Waals surface area (Å²) >= 11 is 5.33. The molecule has 0 spiro atoms. The third-order valence-electron chi connectivity index (χ3n) is 3.73. The van der Waals surface area contributed by atoms with Gasteiger partial charge in [0.2, 0.25) is 10.0 Å². The summed E-state index contributed by atoms with van der Waals surface area (Å²) in [6.07, 6.45) is 6.62. The number of hydrogen-bond acceptors (Lipinski definition) is 4. The predicted molar refractivity (Wildman–Crippen MR) is 92.3 cm³/mol. The number of aliphatic hydroxyl groups is 1. The molecule has 0 aliphatic heterocycles. The summed E-state index contributed by atoms with van der Waals surface area (Å²) in [7, 11) is -2.14. The van der Waals surface area contributed by atoms with Crippen LogP contribution in [0.1, 0.15) is 18.9 Å². The number of sulfonamides is 1. The molecule has 22 heavy (non-hydrogen) atoms. The lowest BCUT2D eigenvalue weighted by molar-refractivity contribution is 0.214. The zero-order valence-corrected chi connectivity index (χ0v) is 14.2. The molecule has 6 heteroatoms. The maximum atomic E-state index is 12.4. The van der Waals surface area contributed by atoms with E-state index in [4.69, 9.17) is 17.3 Å². The van der Waals surface area contributed by atoms with Crippen molar-refractivity contribution in [1.29, 1.82) is 0 Å². The van der Waals surface area contributed by atoms with Gasteiger partial charge >= 0.3 is 0 Å². The van der Waals surface area contributed by atoms with Crippen LogP contribution < -0.4 is 0 Å². The van der Waals surface area contributed by atoms with Crippen molar-refractivity contribution in [3.05, 3.63) is 48.1 Å². The van der Waals surface area contributed by atoms with Crippen LogP contribution >= 0.6 is 12.2 Å². The third-order valence-corrected chi connectivity index (χ3v) is 6.10. The number of nitrogens with zero attached hydrogens (tertiary/aromatic N) is 1. The number of benzene rings is 1. The maximum absolute atomic E-state index is 12.4. The van der Waals surface area contributed by atoms with Gasteiger partial charge in [0.25, 0.3) is 0 Å². The van der Waals surface area contributed by atoms with Crippen molar-refractivity contribution in [1.82, 2.24) is 4.31 Å². The first-order valence-corrected chi connectivity index (χ1v) is 8.82. The summed E-state index contributed by atoms with van der Waals surface area (Å²) in [4.78, 5) is 1.06. The molecule has 0 heterocycles. The van der Waals surface area contributed by atoms with Crippen molar-refractivity contribution in [2.45, 2.75) is 24.3 Å². The van der Waals surface area contributed by atoms with Gasteiger partial charge in [-0.05, 0) is 30.2 Å². The number of aliphatic hydroxyl groups excluding tert-OH is 1. The van der Waals surface area contributed by atoms with Gasteiger partial charge in [-0.2, -0.15) is 4.31 Å². The van der Waals surface area contributed by atoms with Crippen LogP contribution in [0.5, 0.6) is 0 Å². The van der Waals surface area contributed by atoms with Crippen molar-refractivity contribution in [3.63, 3.8) is 0 Å². The molecule has 1 aliphatic rings. The minimum absolute atomic E-state index is 0.205. The highest BCUT2D eigenvalue weighted by Gasteiger charge is 2.25. The van der Waals surface area contributed by atoms with E-state index in [-0.39, 0.29) is 11.5 Å². The molecule has 0 radical (unpaired) electrons. The van der Waals surface area contributed by atoms with Gasteiger partial charge in [0.1, 0.15) is 0 Å². The van der Waals surface area contributed by atoms with Crippen LogP contribution in [0.4, 0.5) is 0 Å². The Balaban J connectivity index is 2.31. The fourth-order valence-corrected chi connectivity index (χ4v) is 3.76. The van der Waals surface area contributed by atoms with Crippen LogP contribution in [0.3, 0.4) is 0 Å². The lowest BCUT2D eigenvalue weighted by Crippen LogP contribution is -2.37. The molecule has 0 bridgehead atoms. The molecule has 4 nitrogen and oxygen atoms in total. The molecule has 1 aromatic carbocycles. The molecule has 0 unspecified atom stereocenters. The standard InChI is InChI=1S/C16H19NO3S2/c1-12(11-18)17(2)22(19,20)14-9-7-13(8-10-14)15-5-3-4-6-16(15)21/h3-5,7-10,12,18H,6,11H2,1-2H3/t12-/m1/s1. The van der Waals surface area contributed by atoms with E-state index in [9.17, 15) is 8.42 Å². The Morgan fingerprint density at radius 2 is 1.95 bits per heavy atom. The molecule has 0 saturated carbocycles. The Morgan fingerprint density at radius 3 is 2.50 bits per heavy atom. The van der Waals surface area contributed by atoms with Crippen LogP contribution in [0.25, 0.3) is 5.57 Å². The van der Waals surface area contributed by atoms with Crippen LogP contribution in [-0.2, 0) is 10.0 Å². The normalized spacial score (nSPS) is 16.7. The average Bonchev–Trinajstić information content (AvgIpc) is 2.54. The lowest BCUT2D eigenvalue weighted by Gasteiger charge is -2.22. The summed E-state index contributed by atoms with van der Waals surface area (Å²) in [6.45, 7) is 1.44. The number of hydrogen-bond donors (Lipinski definition) is 1. The lowest BCUT2D eigenvalue weighted by atomic mass is 9.97. The zero-order valence-electron chi connectivity index (χ0n) is 12.6. The topological polar surface area (TPSA) is 57.6 Å². The van der Waals surface area contributed by atoms with Crippen molar-refractivity contribution >= 4 is 32.7 Å². The second-order valence-electron chi connectivity index (χ2n) is 5.21. The van der Waals surface area contributed by atoms with Gasteiger partial charge in [-0.1, -0.05) is 42.6 Å². The Hall–Kier alpha value is -1.34. The Kier molecular flexibility index (Phi) is 5.28. The Morgan fingerprint density at radius 1 is 1.32 bits per heavy atom. The quantitative estimate of drug-likeness (QED) is 0.838. The molecule has 0 fully saturated rings. The summed E-state index contributed by atoms with van der Waals surface area (Å²) in [5.74, 6) is 0. The monoisotopic (exact) mass is 337 g/mol. The van der Waals surface area contributed by atoms with Gasteiger partial charge in [-0.25, -0.2) is 8.42 Å². The van der Waals surface area contributed by atoms with Crippen molar-refractivity contribution in [2.24, 2.45) is 0 Å². The minimum atomic E-state index is -3.60. The van der Waals surface area contributed by atoms with Crippen molar-refractivity contribution in [3.8, 4) is 0 Å². The number of likely N-dealkylation sites (N-methyl/N-ethyl adjacent to an activating group) is 1. The van der Waals surface area contributed by atoms with E-state index >= 15 is 0 Å². The van der Waals surface area contributed by atoms with E-state index < -0.39 is 16.1 Å². The van der Waals surface area contributed by atoms with Gasteiger partial charge in [-0.3, -0.25) is 0 Å². The highest BCUT2D eigenvalue weighted by molar-refractivity contribution is 7.89. The molecule has 0 saturated heterocycles. The summed E-state index contributed by atoms with van der Waals surface area (Å²) in [6, 6.07) is 6.21. The van der Waals surface area contributed by atoms with Crippen LogP contribution in [0.15, 0.2) is 47.4 Å².